The van der Waals surface area contributed by atoms with Gasteiger partial charge in [-0.1, -0.05) is 11.6 Å². The molecular weight excluding hydrogens is 311 g/mol. The van der Waals surface area contributed by atoms with Crippen LogP contribution in [0.1, 0.15) is 12.5 Å². The van der Waals surface area contributed by atoms with Gasteiger partial charge in [-0.2, -0.15) is 22.0 Å². The second-order valence-electron chi connectivity index (χ2n) is 3.51. The standard InChI is InChI=1S/C11H8ClF5O3/c1-2-19-9(18)11(16,17)20-8-4-6(10(13,14)15)3-7(12)5-8/h3-5H,2H2,1H3. The number of alkyl halides is 5. The highest BCUT2D eigenvalue weighted by atomic mass is 35.5. The van der Waals surface area contributed by atoms with Crippen LogP contribution in [0.5, 0.6) is 5.75 Å². The zero-order valence-electron chi connectivity index (χ0n) is 9.93. The summed E-state index contributed by atoms with van der Waals surface area (Å²) in [4.78, 5) is 10.9. The Hall–Kier alpha value is -1.57. The average Bonchev–Trinajstić information content (AvgIpc) is 2.26. The topological polar surface area (TPSA) is 35.5 Å². The van der Waals surface area contributed by atoms with Gasteiger partial charge < -0.3 is 9.47 Å². The number of halogens is 6. The lowest BCUT2D eigenvalue weighted by Crippen LogP contribution is -2.36. The molecule has 9 heteroatoms. The number of benzene rings is 1. The van der Waals surface area contributed by atoms with Crippen LogP contribution >= 0.6 is 11.6 Å². The molecule has 0 saturated carbocycles. The van der Waals surface area contributed by atoms with Crippen molar-refractivity contribution in [1.29, 1.82) is 0 Å². The normalized spacial score (nSPS) is 12.2. The highest BCUT2D eigenvalue weighted by molar-refractivity contribution is 6.30. The van der Waals surface area contributed by atoms with Crippen LogP contribution in [0, 0.1) is 0 Å². The van der Waals surface area contributed by atoms with Gasteiger partial charge in [0, 0.05) is 5.02 Å². The van der Waals surface area contributed by atoms with Crippen molar-refractivity contribution >= 4 is 17.6 Å². The van der Waals surface area contributed by atoms with Gasteiger partial charge in [-0.15, -0.1) is 0 Å². The van der Waals surface area contributed by atoms with Crippen molar-refractivity contribution in [2.75, 3.05) is 6.61 Å². The summed E-state index contributed by atoms with van der Waals surface area (Å²) in [7, 11) is 0. The third kappa shape index (κ3) is 4.22. The van der Waals surface area contributed by atoms with E-state index in [-0.39, 0.29) is 6.61 Å². The molecule has 0 amide bonds. The molecule has 0 N–H and O–H groups in total. The number of carbonyl (C=O) groups excluding carboxylic acids is 1. The van der Waals surface area contributed by atoms with Gasteiger partial charge in [-0.3, -0.25) is 0 Å². The maximum atomic E-state index is 13.2. The average molecular weight is 319 g/mol. The van der Waals surface area contributed by atoms with Gasteiger partial charge in [0.05, 0.1) is 12.2 Å². The highest BCUT2D eigenvalue weighted by Crippen LogP contribution is 2.35. The Morgan fingerprint density at radius 3 is 2.30 bits per heavy atom. The van der Waals surface area contributed by atoms with Crippen LogP contribution in [0.3, 0.4) is 0 Å². The fourth-order valence-corrected chi connectivity index (χ4v) is 1.42. The monoisotopic (exact) mass is 318 g/mol. The third-order valence-corrected chi connectivity index (χ3v) is 2.18. The Kier molecular flexibility index (Phi) is 4.80. The summed E-state index contributed by atoms with van der Waals surface area (Å²) in [6, 6.07) is 1.57. The van der Waals surface area contributed by atoms with E-state index in [0.29, 0.717) is 12.1 Å². The summed E-state index contributed by atoms with van der Waals surface area (Å²) >= 11 is 5.38. The predicted octanol–water partition coefficient (Wildman–Crippen LogP) is 3.89. The lowest BCUT2D eigenvalue weighted by atomic mass is 10.2. The van der Waals surface area contributed by atoms with Crippen LogP contribution in [0.2, 0.25) is 5.02 Å². The number of hydrogen-bond donors (Lipinski definition) is 0. The van der Waals surface area contributed by atoms with E-state index in [9.17, 15) is 26.7 Å². The smallest absolute Gasteiger partial charge is 0.459 e. The Morgan fingerprint density at radius 2 is 1.80 bits per heavy atom. The zero-order chi connectivity index (χ0) is 15.6. The van der Waals surface area contributed by atoms with Crippen LogP contribution in [0.15, 0.2) is 18.2 Å². The van der Waals surface area contributed by atoms with E-state index in [0.717, 1.165) is 6.07 Å². The minimum atomic E-state index is -4.79. The molecule has 0 saturated heterocycles. The number of carbonyl (C=O) groups is 1. The van der Waals surface area contributed by atoms with E-state index in [2.05, 4.69) is 9.47 Å². The van der Waals surface area contributed by atoms with Crippen molar-refractivity contribution in [2.24, 2.45) is 0 Å². The van der Waals surface area contributed by atoms with Crippen molar-refractivity contribution in [2.45, 2.75) is 19.2 Å². The van der Waals surface area contributed by atoms with Gasteiger partial charge in [0.1, 0.15) is 5.75 Å². The fraction of sp³-hybridized carbons (Fsp3) is 0.364. The lowest BCUT2D eigenvalue weighted by molar-refractivity contribution is -0.216. The van der Waals surface area contributed by atoms with E-state index in [1.54, 1.807) is 0 Å². The molecule has 1 aromatic carbocycles. The minimum Gasteiger partial charge on any atom is -0.459 e. The van der Waals surface area contributed by atoms with Crippen molar-refractivity contribution in [3.8, 4) is 5.75 Å². The van der Waals surface area contributed by atoms with Crippen LogP contribution in [0.4, 0.5) is 22.0 Å². The molecule has 0 aliphatic heterocycles. The predicted molar refractivity (Wildman–Crippen MR) is 58.7 cm³/mol. The highest BCUT2D eigenvalue weighted by Gasteiger charge is 2.44. The molecule has 1 rings (SSSR count). The third-order valence-electron chi connectivity index (χ3n) is 1.96. The molecule has 0 heterocycles. The molecule has 0 fully saturated rings. The van der Waals surface area contributed by atoms with Crippen LogP contribution in [-0.2, 0) is 15.7 Å². The van der Waals surface area contributed by atoms with Gasteiger partial charge in [0.15, 0.2) is 0 Å². The molecule has 3 nitrogen and oxygen atoms in total. The first-order valence-corrected chi connectivity index (χ1v) is 5.56. The van der Waals surface area contributed by atoms with Crippen molar-refractivity contribution in [1.82, 2.24) is 0 Å². The van der Waals surface area contributed by atoms with Crippen LogP contribution in [0.25, 0.3) is 0 Å². The van der Waals surface area contributed by atoms with Gasteiger partial charge in [0.25, 0.3) is 0 Å². The van der Waals surface area contributed by atoms with Crippen molar-refractivity contribution in [3.05, 3.63) is 28.8 Å². The molecule has 0 atom stereocenters. The van der Waals surface area contributed by atoms with Crippen molar-refractivity contribution < 1.29 is 36.2 Å². The Morgan fingerprint density at radius 1 is 1.20 bits per heavy atom. The van der Waals surface area contributed by atoms with Crippen LogP contribution in [-0.4, -0.2) is 18.7 Å². The molecule has 0 aromatic heterocycles. The lowest BCUT2D eigenvalue weighted by Gasteiger charge is -2.17. The first kappa shape index (κ1) is 16.5. The molecule has 0 aliphatic carbocycles. The molecule has 1 aromatic rings. The van der Waals surface area contributed by atoms with E-state index < -0.39 is 34.6 Å². The van der Waals surface area contributed by atoms with E-state index in [1.165, 1.54) is 6.92 Å². The first-order valence-electron chi connectivity index (χ1n) is 5.18. The first-order chi connectivity index (χ1) is 9.06. The molecule has 0 bridgehead atoms. The van der Waals surface area contributed by atoms with E-state index in [4.69, 9.17) is 11.6 Å². The number of ether oxygens (including phenoxy) is 2. The van der Waals surface area contributed by atoms with Crippen molar-refractivity contribution in [3.63, 3.8) is 0 Å². The second kappa shape index (κ2) is 5.82. The molecule has 0 unspecified atom stereocenters. The molecular formula is C11H8ClF5O3. The second-order valence-corrected chi connectivity index (χ2v) is 3.95. The Bertz CT molecular complexity index is 501. The zero-order valence-corrected chi connectivity index (χ0v) is 10.7. The summed E-state index contributed by atoms with van der Waals surface area (Å²) in [6.45, 7) is 0.955. The molecule has 0 aliphatic rings. The number of esters is 1. The molecule has 112 valence electrons. The van der Waals surface area contributed by atoms with Crippen LogP contribution < -0.4 is 4.74 Å². The van der Waals surface area contributed by atoms with Gasteiger partial charge in [0.2, 0.25) is 0 Å². The summed E-state index contributed by atoms with van der Waals surface area (Å²) in [5.74, 6) is -2.91. The summed E-state index contributed by atoms with van der Waals surface area (Å²) in [5.41, 5.74) is -1.28. The Labute approximate surface area is 115 Å². The quantitative estimate of drug-likeness (QED) is 0.624. The number of rotatable bonds is 4. The van der Waals surface area contributed by atoms with E-state index in [1.807, 2.05) is 0 Å². The van der Waals surface area contributed by atoms with Gasteiger partial charge in [-0.25, -0.2) is 4.79 Å². The summed E-state index contributed by atoms with van der Waals surface area (Å²) in [6.07, 6.45) is -9.20. The number of hydrogen-bond acceptors (Lipinski definition) is 3. The maximum absolute atomic E-state index is 13.2. The minimum absolute atomic E-state index is 0.305. The van der Waals surface area contributed by atoms with Gasteiger partial charge in [-0.05, 0) is 25.1 Å². The molecule has 20 heavy (non-hydrogen) atoms. The Balaban J connectivity index is 3.04. The summed E-state index contributed by atoms with van der Waals surface area (Å²) in [5, 5.41) is -0.463. The molecule has 0 spiro atoms. The largest absolute Gasteiger partial charge is 0.502 e. The maximum Gasteiger partial charge on any atom is 0.502 e. The van der Waals surface area contributed by atoms with E-state index >= 15 is 0 Å². The molecule has 0 radical (unpaired) electrons. The fourth-order valence-electron chi connectivity index (χ4n) is 1.19. The van der Waals surface area contributed by atoms with Gasteiger partial charge >= 0.3 is 18.3 Å². The summed E-state index contributed by atoms with van der Waals surface area (Å²) < 4.78 is 71.8. The SMILES string of the molecule is CCOC(=O)C(F)(F)Oc1cc(Cl)cc(C(F)(F)F)c1.